The molecule has 0 unspecified atom stereocenters. The molecule has 0 aliphatic heterocycles. The molecule has 0 aromatic carbocycles. The fourth-order valence-electron chi connectivity index (χ4n) is 0.562. The van der Waals surface area contributed by atoms with Gasteiger partial charge in [-0.2, -0.15) is 5.06 Å². The molecule has 70 valence electrons. The Kier molecular flexibility index (Phi) is 3.65. The first kappa shape index (κ1) is 10.9. The standard InChI is InChI=1S/C6H11NO5/c1-3(5(8)9)7(12)4(2)6(10)11/h3-4,12H,1-2H3,(H,8,9)(H,10,11)/t3-,4-/m1/s1. The zero-order chi connectivity index (χ0) is 9.89. The van der Waals surface area contributed by atoms with Crippen LogP contribution in [-0.2, 0) is 9.59 Å². The molecule has 0 aliphatic rings. The molecule has 0 fully saturated rings. The minimum atomic E-state index is -1.27. The Labute approximate surface area is 69.0 Å². The molecule has 0 amide bonds. The lowest BCUT2D eigenvalue weighted by atomic mass is 10.2. The van der Waals surface area contributed by atoms with Crippen molar-refractivity contribution in [1.82, 2.24) is 5.06 Å². The lowest BCUT2D eigenvalue weighted by Gasteiger charge is -2.22. The van der Waals surface area contributed by atoms with Crippen molar-refractivity contribution >= 4 is 11.9 Å². The Morgan fingerprint density at radius 2 is 1.33 bits per heavy atom. The first-order chi connectivity index (χ1) is 5.37. The van der Waals surface area contributed by atoms with E-state index in [1.165, 1.54) is 13.8 Å². The molecule has 6 nitrogen and oxygen atoms in total. The van der Waals surface area contributed by atoms with Crippen LogP contribution in [0.25, 0.3) is 0 Å². The summed E-state index contributed by atoms with van der Waals surface area (Å²) in [7, 11) is 0. The minimum absolute atomic E-state index is 0.282. The number of hydroxylamine groups is 2. The van der Waals surface area contributed by atoms with E-state index >= 15 is 0 Å². The summed E-state index contributed by atoms with van der Waals surface area (Å²) in [5, 5.41) is 26.1. The third-order valence-electron chi connectivity index (χ3n) is 1.51. The van der Waals surface area contributed by atoms with Gasteiger partial charge in [0.15, 0.2) is 0 Å². The van der Waals surface area contributed by atoms with Gasteiger partial charge in [0.2, 0.25) is 0 Å². The number of carbonyl (C=O) groups is 2. The number of carboxylic acid groups (broad SMARTS) is 2. The van der Waals surface area contributed by atoms with Gasteiger partial charge in [0, 0.05) is 0 Å². The maximum Gasteiger partial charge on any atom is 0.323 e. The van der Waals surface area contributed by atoms with Crippen molar-refractivity contribution in [3.05, 3.63) is 0 Å². The van der Waals surface area contributed by atoms with Crippen molar-refractivity contribution in [2.45, 2.75) is 25.9 Å². The summed E-state index contributed by atoms with van der Waals surface area (Å²) in [6, 6.07) is -2.45. The molecule has 0 heterocycles. The molecular formula is C6H11NO5. The third-order valence-corrected chi connectivity index (χ3v) is 1.51. The lowest BCUT2D eigenvalue weighted by Crippen LogP contribution is -2.45. The van der Waals surface area contributed by atoms with E-state index in [-0.39, 0.29) is 5.06 Å². The maximum atomic E-state index is 10.3. The van der Waals surface area contributed by atoms with Crippen LogP contribution in [0.3, 0.4) is 0 Å². The van der Waals surface area contributed by atoms with Crippen molar-refractivity contribution in [2.75, 3.05) is 0 Å². The second-order valence-corrected chi connectivity index (χ2v) is 2.41. The molecule has 12 heavy (non-hydrogen) atoms. The predicted octanol–water partition coefficient (Wildman–Crippen LogP) is -0.376. The number of hydrogen-bond donors (Lipinski definition) is 3. The van der Waals surface area contributed by atoms with Gasteiger partial charge >= 0.3 is 11.9 Å². The molecule has 0 bridgehead atoms. The zero-order valence-corrected chi connectivity index (χ0v) is 6.76. The quantitative estimate of drug-likeness (QED) is 0.506. The van der Waals surface area contributed by atoms with Crippen molar-refractivity contribution in [2.24, 2.45) is 0 Å². The van der Waals surface area contributed by atoms with Crippen molar-refractivity contribution in [1.29, 1.82) is 0 Å². The second kappa shape index (κ2) is 4.03. The average molecular weight is 177 g/mol. The molecular weight excluding hydrogens is 166 g/mol. The number of nitrogens with zero attached hydrogens (tertiary/aromatic N) is 1. The lowest BCUT2D eigenvalue weighted by molar-refractivity contribution is -0.188. The van der Waals surface area contributed by atoms with Crippen LogP contribution < -0.4 is 0 Å². The van der Waals surface area contributed by atoms with Crippen LogP contribution in [-0.4, -0.2) is 44.5 Å². The molecule has 3 N–H and O–H groups in total. The smallest absolute Gasteiger partial charge is 0.323 e. The Morgan fingerprint density at radius 1 is 1.08 bits per heavy atom. The number of aliphatic carboxylic acids is 2. The highest BCUT2D eigenvalue weighted by Crippen LogP contribution is 2.01. The van der Waals surface area contributed by atoms with Gasteiger partial charge in [-0.15, -0.1) is 0 Å². The average Bonchev–Trinajstić information content (AvgIpc) is 2.00. The van der Waals surface area contributed by atoms with Crippen LogP contribution in [0.4, 0.5) is 0 Å². The van der Waals surface area contributed by atoms with Crippen LogP contribution in [0.15, 0.2) is 0 Å². The topological polar surface area (TPSA) is 98.1 Å². The van der Waals surface area contributed by atoms with E-state index in [4.69, 9.17) is 15.4 Å². The first-order valence-electron chi connectivity index (χ1n) is 3.30. The summed E-state index contributed by atoms with van der Waals surface area (Å²) in [6.45, 7) is 2.39. The van der Waals surface area contributed by atoms with Gasteiger partial charge in [-0.3, -0.25) is 9.59 Å². The molecule has 0 rings (SSSR count). The Balaban J connectivity index is 4.28. The highest BCUT2D eigenvalue weighted by atomic mass is 16.5. The Hall–Kier alpha value is -1.14. The molecule has 0 saturated heterocycles. The maximum absolute atomic E-state index is 10.3. The van der Waals surface area contributed by atoms with Gasteiger partial charge in [0.05, 0.1) is 0 Å². The molecule has 0 aromatic rings. The fourth-order valence-corrected chi connectivity index (χ4v) is 0.562. The van der Waals surface area contributed by atoms with Crippen LogP contribution in [0.5, 0.6) is 0 Å². The van der Waals surface area contributed by atoms with E-state index in [1.807, 2.05) is 0 Å². The summed E-state index contributed by atoms with van der Waals surface area (Å²) < 4.78 is 0. The first-order valence-corrected chi connectivity index (χ1v) is 3.30. The summed E-state index contributed by atoms with van der Waals surface area (Å²) in [4.78, 5) is 20.5. The Bertz CT molecular complexity index is 172. The molecule has 6 heteroatoms. The number of rotatable bonds is 4. The molecule has 2 atom stereocenters. The monoisotopic (exact) mass is 177 g/mol. The van der Waals surface area contributed by atoms with Gasteiger partial charge in [-0.05, 0) is 13.8 Å². The molecule has 0 aliphatic carbocycles. The molecule has 0 saturated carbocycles. The van der Waals surface area contributed by atoms with E-state index in [0.29, 0.717) is 0 Å². The van der Waals surface area contributed by atoms with Gasteiger partial charge in [0.25, 0.3) is 0 Å². The van der Waals surface area contributed by atoms with Crippen molar-refractivity contribution < 1.29 is 25.0 Å². The van der Waals surface area contributed by atoms with E-state index in [0.717, 1.165) is 0 Å². The fraction of sp³-hybridized carbons (Fsp3) is 0.667. The third kappa shape index (κ3) is 2.48. The summed E-state index contributed by atoms with van der Waals surface area (Å²) in [6.07, 6.45) is 0. The number of hydrogen-bond acceptors (Lipinski definition) is 4. The van der Waals surface area contributed by atoms with Gasteiger partial charge in [-0.25, -0.2) is 0 Å². The highest BCUT2D eigenvalue weighted by molar-refractivity contribution is 5.76. The van der Waals surface area contributed by atoms with Crippen molar-refractivity contribution in [3.8, 4) is 0 Å². The van der Waals surface area contributed by atoms with E-state index in [2.05, 4.69) is 0 Å². The minimum Gasteiger partial charge on any atom is -0.480 e. The highest BCUT2D eigenvalue weighted by Gasteiger charge is 2.27. The summed E-state index contributed by atoms with van der Waals surface area (Å²) in [5.74, 6) is -2.55. The second-order valence-electron chi connectivity index (χ2n) is 2.41. The van der Waals surface area contributed by atoms with E-state index in [1.54, 1.807) is 0 Å². The van der Waals surface area contributed by atoms with Crippen molar-refractivity contribution in [3.63, 3.8) is 0 Å². The summed E-state index contributed by atoms with van der Waals surface area (Å²) in [5.41, 5.74) is 0. The van der Waals surface area contributed by atoms with Gasteiger partial charge in [-0.1, -0.05) is 0 Å². The van der Waals surface area contributed by atoms with Crippen LogP contribution >= 0.6 is 0 Å². The van der Waals surface area contributed by atoms with E-state index < -0.39 is 24.0 Å². The summed E-state index contributed by atoms with van der Waals surface area (Å²) >= 11 is 0. The van der Waals surface area contributed by atoms with E-state index in [9.17, 15) is 9.59 Å². The SMILES string of the molecule is C[C@H](C(=O)O)N(O)[C@H](C)C(=O)O. The largest absolute Gasteiger partial charge is 0.480 e. The normalized spacial score (nSPS) is 15.7. The molecule has 0 radical (unpaired) electrons. The van der Waals surface area contributed by atoms with Gasteiger partial charge in [0.1, 0.15) is 12.1 Å². The molecule has 0 aromatic heterocycles. The Morgan fingerprint density at radius 3 is 1.50 bits per heavy atom. The van der Waals surface area contributed by atoms with Crippen LogP contribution in [0.2, 0.25) is 0 Å². The number of carboxylic acids is 2. The molecule has 0 spiro atoms. The van der Waals surface area contributed by atoms with Gasteiger partial charge < -0.3 is 15.4 Å². The zero-order valence-electron chi connectivity index (χ0n) is 6.76. The van der Waals surface area contributed by atoms with Crippen LogP contribution in [0, 0.1) is 0 Å². The predicted molar refractivity (Wildman–Crippen MR) is 37.8 cm³/mol. The van der Waals surface area contributed by atoms with Crippen LogP contribution in [0.1, 0.15) is 13.8 Å².